The largest absolute Gasteiger partial charge is 0.379 e. The summed E-state index contributed by atoms with van der Waals surface area (Å²) in [5.41, 5.74) is 6.32. The van der Waals surface area contributed by atoms with Crippen molar-refractivity contribution >= 4 is 22.6 Å². The van der Waals surface area contributed by atoms with Gasteiger partial charge < -0.3 is 15.0 Å². The van der Waals surface area contributed by atoms with E-state index in [4.69, 9.17) is 15.0 Å². The first-order valence-electron chi connectivity index (χ1n) is 6.49. The number of nitrogens with two attached hydrogens (primary N) is 1. The summed E-state index contributed by atoms with van der Waals surface area (Å²) in [6, 6.07) is 7.87. The van der Waals surface area contributed by atoms with E-state index in [2.05, 4.69) is 39.7 Å². The van der Waals surface area contributed by atoms with Crippen LogP contribution in [0.2, 0.25) is 0 Å². The van der Waals surface area contributed by atoms with Gasteiger partial charge in [0.25, 0.3) is 5.89 Å². The molecule has 1 aromatic heterocycles. The second-order valence-corrected chi connectivity index (χ2v) is 6.15. The molecule has 2 N–H and O–H groups in total. The maximum absolute atomic E-state index is 6.18. The van der Waals surface area contributed by atoms with Crippen LogP contribution in [-0.2, 0) is 10.3 Å². The molecular formula is C14H18IN3O2. The molecule has 0 amide bonds. The quantitative estimate of drug-likeness (QED) is 0.610. The fourth-order valence-electron chi connectivity index (χ4n) is 1.66. The highest BCUT2D eigenvalue weighted by atomic mass is 127. The molecule has 6 heteroatoms. The van der Waals surface area contributed by atoms with Crippen molar-refractivity contribution in [2.45, 2.75) is 25.8 Å². The van der Waals surface area contributed by atoms with E-state index in [0.717, 1.165) is 15.6 Å². The predicted molar refractivity (Wildman–Crippen MR) is 85.1 cm³/mol. The highest BCUT2D eigenvalue weighted by molar-refractivity contribution is 14.1. The molecule has 0 bridgehead atoms. The van der Waals surface area contributed by atoms with Crippen LogP contribution in [0.4, 0.5) is 0 Å². The molecule has 2 rings (SSSR count). The van der Waals surface area contributed by atoms with Crippen molar-refractivity contribution in [2.75, 3.05) is 13.2 Å². The molecule has 20 heavy (non-hydrogen) atoms. The first-order chi connectivity index (χ1) is 9.53. The van der Waals surface area contributed by atoms with E-state index in [0.29, 0.717) is 24.9 Å². The van der Waals surface area contributed by atoms with Crippen molar-refractivity contribution in [1.29, 1.82) is 0 Å². The zero-order valence-electron chi connectivity index (χ0n) is 11.6. The molecule has 0 radical (unpaired) electrons. The van der Waals surface area contributed by atoms with E-state index >= 15 is 0 Å². The number of aromatic nitrogens is 2. The molecule has 5 nitrogen and oxygen atoms in total. The highest BCUT2D eigenvalue weighted by Gasteiger charge is 2.28. The average molecular weight is 387 g/mol. The van der Waals surface area contributed by atoms with Crippen molar-refractivity contribution in [3.05, 3.63) is 33.7 Å². The van der Waals surface area contributed by atoms with Crippen molar-refractivity contribution < 1.29 is 9.26 Å². The van der Waals surface area contributed by atoms with E-state index in [-0.39, 0.29) is 0 Å². The monoisotopic (exact) mass is 387 g/mol. The zero-order chi connectivity index (χ0) is 14.6. The number of rotatable bonds is 6. The minimum atomic E-state index is -0.750. The summed E-state index contributed by atoms with van der Waals surface area (Å²) in [4.78, 5) is 4.38. The Morgan fingerprint density at radius 3 is 2.70 bits per heavy atom. The third-order valence-corrected chi connectivity index (χ3v) is 3.50. The molecule has 0 fully saturated rings. The van der Waals surface area contributed by atoms with Crippen molar-refractivity contribution in [3.63, 3.8) is 0 Å². The van der Waals surface area contributed by atoms with Crippen LogP contribution in [0.3, 0.4) is 0 Å². The summed E-state index contributed by atoms with van der Waals surface area (Å²) >= 11 is 2.25. The fourth-order valence-corrected chi connectivity index (χ4v) is 2.02. The van der Waals surface area contributed by atoms with Gasteiger partial charge in [0.1, 0.15) is 5.54 Å². The number of hydrogen-bond donors (Lipinski definition) is 1. The van der Waals surface area contributed by atoms with Crippen LogP contribution >= 0.6 is 22.6 Å². The second kappa shape index (κ2) is 6.64. The van der Waals surface area contributed by atoms with Gasteiger partial charge in [0.05, 0.1) is 6.61 Å². The molecule has 0 saturated carbocycles. The lowest BCUT2D eigenvalue weighted by Gasteiger charge is -2.19. The minimum Gasteiger partial charge on any atom is -0.379 e. The lowest BCUT2D eigenvalue weighted by molar-refractivity contribution is 0.0867. The Kier molecular flexibility index (Phi) is 5.11. The maximum Gasteiger partial charge on any atom is 0.257 e. The van der Waals surface area contributed by atoms with Gasteiger partial charge >= 0.3 is 0 Å². The van der Waals surface area contributed by atoms with Gasteiger partial charge in [-0.2, -0.15) is 4.98 Å². The van der Waals surface area contributed by atoms with Gasteiger partial charge in [0.15, 0.2) is 5.82 Å². The van der Waals surface area contributed by atoms with Crippen molar-refractivity contribution in [2.24, 2.45) is 5.73 Å². The standard InChI is InChI=1S/C14H18IN3O2/c1-3-8-19-9-14(2,16)13-17-12(20-18-13)10-4-6-11(15)7-5-10/h4-7H,3,8-9,16H2,1-2H3. The molecule has 0 spiro atoms. The molecule has 1 atom stereocenters. The summed E-state index contributed by atoms with van der Waals surface area (Å²) in [7, 11) is 0. The molecule has 0 aliphatic rings. The second-order valence-electron chi connectivity index (χ2n) is 4.90. The zero-order valence-corrected chi connectivity index (χ0v) is 13.8. The first-order valence-corrected chi connectivity index (χ1v) is 7.57. The van der Waals surface area contributed by atoms with Crippen LogP contribution in [0.25, 0.3) is 11.5 Å². The number of ether oxygens (including phenoxy) is 1. The van der Waals surface area contributed by atoms with Crippen LogP contribution in [0.15, 0.2) is 28.8 Å². The minimum absolute atomic E-state index is 0.368. The van der Waals surface area contributed by atoms with Crippen LogP contribution < -0.4 is 5.73 Å². The first kappa shape index (κ1) is 15.4. The van der Waals surface area contributed by atoms with Gasteiger partial charge in [-0.15, -0.1) is 0 Å². The fraction of sp³-hybridized carbons (Fsp3) is 0.429. The molecule has 0 saturated heterocycles. The van der Waals surface area contributed by atoms with E-state index in [1.54, 1.807) is 0 Å². The molecule has 1 aromatic carbocycles. The van der Waals surface area contributed by atoms with Gasteiger partial charge in [0, 0.05) is 15.7 Å². The smallest absolute Gasteiger partial charge is 0.257 e. The number of nitrogens with zero attached hydrogens (tertiary/aromatic N) is 2. The summed E-state index contributed by atoms with van der Waals surface area (Å²) in [5, 5.41) is 3.97. The molecule has 0 aliphatic heterocycles. The van der Waals surface area contributed by atoms with Gasteiger partial charge in [-0.25, -0.2) is 0 Å². The van der Waals surface area contributed by atoms with E-state index in [1.807, 2.05) is 31.2 Å². The van der Waals surface area contributed by atoms with Crippen LogP contribution in [0.5, 0.6) is 0 Å². The Morgan fingerprint density at radius 2 is 2.05 bits per heavy atom. The van der Waals surface area contributed by atoms with Crippen LogP contribution in [0.1, 0.15) is 26.1 Å². The SMILES string of the molecule is CCCOCC(C)(N)c1noc(-c2ccc(I)cc2)n1. The Bertz CT molecular complexity index is 552. The third kappa shape index (κ3) is 3.77. The summed E-state index contributed by atoms with van der Waals surface area (Å²) in [6.07, 6.45) is 0.955. The number of halogens is 1. The molecule has 1 heterocycles. The van der Waals surface area contributed by atoms with Crippen LogP contribution in [-0.4, -0.2) is 23.4 Å². The molecule has 0 aliphatic carbocycles. The topological polar surface area (TPSA) is 74.2 Å². The Morgan fingerprint density at radius 1 is 1.35 bits per heavy atom. The highest BCUT2D eigenvalue weighted by Crippen LogP contribution is 2.22. The normalized spacial score (nSPS) is 14.2. The van der Waals surface area contributed by atoms with Gasteiger partial charge in [-0.3, -0.25) is 0 Å². The predicted octanol–water partition coefficient (Wildman–Crippen LogP) is 2.94. The molecule has 1 unspecified atom stereocenters. The van der Waals surface area contributed by atoms with Crippen LogP contribution in [0, 0.1) is 3.57 Å². The third-order valence-electron chi connectivity index (χ3n) is 2.78. The Labute approximate surface area is 132 Å². The Hall–Kier alpha value is -0.990. The lowest BCUT2D eigenvalue weighted by Crippen LogP contribution is -2.39. The van der Waals surface area contributed by atoms with Gasteiger partial charge in [-0.1, -0.05) is 12.1 Å². The molecular weight excluding hydrogens is 369 g/mol. The molecule has 108 valence electrons. The average Bonchev–Trinajstić information content (AvgIpc) is 2.90. The maximum atomic E-state index is 6.18. The number of hydrogen-bond acceptors (Lipinski definition) is 5. The van der Waals surface area contributed by atoms with E-state index in [9.17, 15) is 0 Å². The summed E-state index contributed by atoms with van der Waals surface area (Å²) in [5.74, 6) is 0.936. The molecule has 2 aromatic rings. The van der Waals surface area contributed by atoms with Crippen molar-refractivity contribution in [3.8, 4) is 11.5 Å². The summed E-state index contributed by atoms with van der Waals surface area (Å²) < 4.78 is 11.9. The Balaban J connectivity index is 2.13. The number of benzene rings is 1. The summed E-state index contributed by atoms with van der Waals surface area (Å²) in [6.45, 7) is 4.93. The van der Waals surface area contributed by atoms with Crippen molar-refractivity contribution in [1.82, 2.24) is 10.1 Å². The van der Waals surface area contributed by atoms with Gasteiger partial charge in [-0.05, 0) is 60.2 Å². The van der Waals surface area contributed by atoms with E-state index in [1.165, 1.54) is 0 Å². The van der Waals surface area contributed by atoms with E-state index < -0.39 is 5.54 Å². The lowest BCUT2D eigenvalue weighted by atomic mass is 10.1. The van der Waals surface area contributed by atoms with Gasteiger partial charge in [0.2, 0.25) is 0 Å².